The number of anilines is 1. The minimum Gasteiger partial charge on any atom is -0.366 e. The van der Waals surface area contributed by atoms with E-state index in [0.29, 0.717) is 17.5 Å². The van der Waals surface area contributed by atoms with Crippen molar-refractivity contribution in [3.05, 3.63) is 24.0 Å². The molecule has 4 nitrogen and oxygen atoms in total. The second-order valence-electron chi connectivity index (χ2n) is 4.78. The quantitative estimate of drug-likeness (QED) is 0.878. The Bertz CT molecular complexity index is 438. The first-order valence-electron chi connectivity index (χ1n) is 6.62. The van der Waals surface area contributed by atoms with E-state index in [9.17, 15) is 5.26 Å². The van der Waals surface area contributed by atoms with E-state index in [4.69, 9.17) is 5.73 Å². The molecule has 0 radical (unpaired) electrons. The number of pyridine rings is 1. The van der Waals surface area contributed by atoms with Crippen LogP contribution >= 0.6 is 0 Å². The molecule has 1 aromatic rings. The molecule has 1 aromatic heterocycles. The summed E-state index contributed by atoms with van der Waals surface area (Å²) in [5, 5.41) is 9.20. The highest BCUT2D eigenvalue weighted by Gasteiger charge is 2.31. The van der Waals surface area contributed by atoms with Gasteiger partial charge >= 0.3 is 0 Å². The Kier molecular flexibility index (Phi) is 4.16. The number of nitrogens with two attached hydrogens (primary N) is 1. The molecule has 2 atom stereocenters. The summed E-state index contributed by atoms with van der Waals surface area (Å²) in [6.07, 6.45) is 7.05. The number of nitrogens with zero attached hydrogens (tertiary/aromatic N) is 3. The van der Waals surface area contributed by atoms with Gasteiger partial charge in [0.05, 0.1) is 17.4 Å². The predicted molar refractivity (Wildman–Crippen MR) is 72.2 cm³/mol. The smallest absolute Gasteiger partial charge is 0.101 e. The Hall–Kier alpha value is -1.60. The molecule has 1 fully saturated rings. The first-order chi connectivity index (χ1) is 8.81. The van der Waals surface area contributed by atoms with Crippen molar-refractivity contribution in [2.45, 2.75) is 32.2 Å². The van der Waals surface area contributed by atoms with Crippen LogP contribution in [-0.4, -0.2) is 24.1 Å². The van der Waals surface area contributed by atoms with Crippen molar-refractivity contribution in [2.75, 3.05) is 18.0 Å². The van der Waals surface area contributed by atoms with Gasteiger partial charge in [-0.2, -0.15) is 5.26 Å². The van der Waals surface area contributed by atoms with Crippen LogP contribution in [0.1, 0.15) is 31.7 Å². The standard InChI is InChI=1S/C14H20N4/c1-2-18(13-5-3-4-11(13)8-15)14-10-17-7-6-12(14)9-16/h6-7,10-11,13H,2-5,8,15H2,1H3. The number of hydrogen-bond donors (Lipinski definition) is 1. The van der Waals surface area contributed by atoms with Gasteiger partial charge < -0.3 is 10.6 Å². The first kappa shape index (κ1) is 12.8. The fourth-order valence-electron chi connectivity index (χ4n) is 3.00. The molecule has 2 N–H and O–H groups in total. The molecule has 0 amide bonds. The number of nitriles is 1. The summed E-state index contributed by atoms with van der Waals surface area (Å²) in [6.45, 7) is 3.74. The lowest BCUT2D eigenvalue weighted by molar-refractivity contribution is 0.461. The lowest BCUT2D eigenvalue weighted by atomic mass is 10.0. The van der Waals surface area contributed by atoms with E-state index in [1.165, 1.54) is 12.8 Å². The van der Waals surface area contributed by atoms with Crippen molar-refractivity contribution < 1.29 is 0 Å². The maximum atomic E-state index is 9.20. The number of hydrogen-bond acceptors (Lipinski definition) is 4. The minimum absolute atomic E-state index is 0.455. The van der Waals surface area contributed by atoms with Gasteiger partial charge in [0.2, 0.25) is 0 Å². The van der Waals surface area contributed by atoms with Gasteiger partial charge in [0, 0.05) is 18.8 Å². The molecule has 0 bridgehead atoms. The zero-order valence-electron chi connectivity index (χ0n) is 10.8. The first-order valence-corrected chi connectivity index (χ1v) is 6.62. The number of rotatable bonds is 4. The molecule has 4 heteroatoms. The summed E-state index contributed by atoms with van der Waals surface area (Å²) in [4.78, 5) is 6.46. The van der Waals surface area contributed by atoms with Gasteiger partial charge in [-0.15, -0.1) is 0 Å². The SMILES string of the molecule is CCN(c1cnccc1C#N)C1CCCC1CN. The molecule has 0 saturated heterocycles. The maximum absolute atomic E-state index is 9.20. The molecule has 0 aliphatic heterocycles. The fourth-order valence-corrected chi connectivity index (χ4v) is 3.00. The zero-order valence-corrected chi connectivity index (χ0v) is 10.8. The highest BCUT2D eigenvalue weighted by Crippen LogP contribution is 2.33. The summed E-state index contributed by atoms with van der Waals surface area (Å²) in [6, 6.07) is 4.49. The molecular formula is C14H20N4. The monoisotopic (exact) mass is 244 g/mol. The van der Waals surface area contributed by atoms with Gasteiger partial charge in [0.25, 0.3) is 0 Å². The topological polar surface area (TPSA) is 65.9 Å². The van der Waals surface area contributed by atoms with Crippen molar-refractivity contribution in [1.82, 2.24) is 4.98 Å². The molecule has 96 valence electrons. The highest BCUT2D eigenvalue weighted by atomic mass is 15.2. The van der Waals surface area contributed by atoms with Crippen molar-refractivity contribution in [2.24, 2.45) is 11.7 Å². The van der Waals surface area contributed by atoms with Crippen LogP contribution in [0.5, 0.6) is 0 Å². The number of aromatic nitrogens is 1. The lowest BCUT2D eigenvalue weighted by Gasteiger charge is -2.34. The Balaban J connectivity index is 2.31. The van der Waals surface area contributed by atoms with Gasteiger partial charge in [-0.05, 0) is 38.3 Å². The summed E-state index contributed by atoms with van der Waals surface area (Å²) >= 11 is 0. The second kappa shape index (κ2) is 5.83. The van der Waals surface area contributed by atoms with Crippen LogP contribution < -0.4 is 10.6 Å². The molecule has 2 rings (SSSR count). The summed E-state index contributed by atoms with van der Waals surface area (Å²) in [5.74, 6) is 0.539. The summed E-state index contributed by atoms with van der Waals surface area (Å²) in [7, 11) is 0. The van der Waals surface area contributed by atoms with Gasteiger partial charge in [-0.3, -0.25) is 4.98 Å². The van der Waals surface area contributed by atoms with Crippen LogP contribution in [0.4, 0.5) is 5.69 Å². The Morgan fingerprint density at radius 3 is 3.06 bits per heavy atom. The molecule has 0 spiro atoms. The Morgan fingerprint density at radius 1 is 1.56 bits per heavy atom. The van der Waals surface area contributed by atoms with Crippen LogP contribution in [0.3, 0.4) is 0 Å². The molecule has 2 unspecified atom stereocenters. The third-order valence-electron chi connectivity index (χ3n) is 3.89. The van der Waals surface area contributed by atoms with Crippen molar-refractivity contribution in [3.8, 4) is 6.07 Å². The lowest BCUT2D eigenvalue weighted by Crippen LogP contribution is -2.40. The van der Waals surface area contributed by atoms with Crippen LogP contribution in [-0.2, 0) is 0 Å². The summed E-state index contributed by atoms with van der Waals surface area (Å²) < 4.78 is 0. The third kappa shape index (κ3) is 2.32. The molecule has 0 aromatic carbocycles. The third-order valence-corrected chi connectivity index (χ3v) is 3.89. The van der Waals surface area contributed by atoms with Gasteiger partial charge in [0.15, 0.2) is 0 Å². The molecule has 1 heterocycles. The van der Waals surface area contributed by atoms with E-state index in [0.717, 1.165) is 25.2 Å². The van der Waals surface area contributed by atoms with Crippen LogP contribution in [0, 0.1) is 17.2 Å². The van der Waals surface area contributed by atoms with Gasteiger partial charge in [0.1, 0.15) is 6.07 Å². The van der Waals surface area contributed by atoms with Crippen LogP contribution in [0.2, 0.25) is 0 Å². The van der Waals surface area contributed by atoms with E-state index in [1.807, 2.05) is 0 Å². The van der Waals surface area contributed by atoms with Gasteiger partial charge in [-0.25, -0.2) is 0 Å². The summed E-state index contributed by atoms with van der Waals surface area (Å²) in [5.41, 5.74) is 7.51. The molecule has 1 aliphatic carbocycles. The van der Waals surface area contributed by atoms with E-state index in [1.54, 1.807) is 18.5 Å². The normalized spacial score (nSPS) is 22.7. The maximum Gasteiger partial charge on any atom is 0.101 e. The molecule has 1 saturated carbocycles. The second-order valence-corrected chi connectivity index (χ2v) is 4.78. The van der Waals surface area contributed by atoms with Crippen LogP contribution in [0.25, 0.3) is 0 Å². The van der Waals surface area contributed by atoms with Crippen molar-refractivity contribution >= 4 is 5.69 Å². The highest BCUT2D eigenvalue weighted by molar-refractivity contribution is 5.58. The van der Waals surface area contributed by atoms with E-state index < -0.39 is 0 Å². The van der Waals surface area contributed by atoms with E-state index in [-0.39, 0.29) is 0 Å². The molecule has 18 heavy (non-hydrogen) atoms. The zero-order chi connectivity index (χ0) is 13.0. The van der Waals surface area contributed by atoms with Crippen LogP contribution in [0.15, 0.2) is 18.5 Å². The van der Waals surface area contributed by atoms with Crippen molar-refractivity contribution in [1.29, 1.82) is 5.26 Å². The fraction of sp³-hybridized carbons (Fsp3) is 0.571. The Morgan fingerprint density at radius 2 is 2.39 bits per heavy atom. The van der Waals surface area contributed by atoms with Gasteiger partial charge in [-0.1, -0.05) is 6.42 Å². The average Bonchev–Trinajstić information content (AvgIpc) is 2.88. The molecule has 1 aliphatic rings. The van der Waals surface area contributed by atoms with Crippen molar-refractivity contribution in [3.63, 3.8) is 0 Å². The predicted octanol–water partition coefficient (Wildman–Crippen LogP) is 1.91. The van der Waals surface area contributed by atoms with E-state index in [2.05, 4.69) is 22.9 Å². The minimum atomic E-state index is 0.455. The Labute approximate surface area is 108 Å². The molecular weight excluding hydrogens is 224 g/mol. The van der Waals surface area contributed by atoms with E-state index >= 15 is 0 Å². The largest absolute Gasteiger partial charge is 0.366 e. The average molecular weight is 244 g/mol.